The molecule has 0 unspecified atom stereocenters. The fourth-order valence-electron chi connectivity index (χ4n) is 2.75. The highest BCUT2D eigenvalue weighted by Gasteiger charge is 2.19. The molecule has 0 spiro atoms. The van der Waals surface area contributed by atoms with Gasteiger partial charge in [-0.15, -0.1) is 11.3 Å². The van der Waals surface area contributed by atoms with Crippen LogP contribution in [0.4, 0.5) is 5.13 Å². The Morgan fingerprint density at radius 2 is 2.15 bits per heavy atom. The second-order valence-corrected chi connectivity index (χ2v) is 7.89. The number of aromatic nitrogens is 3. The summed E-state index contributed by atoms with van der Waals surface area (Å²) in [6.45, 7) is 2.68. The number of aryl methyl sites for hydroxylation is 2. The summed E-state index contributed by atoms with van der Waals surface area (Å²) in [6.07, 6.45) is 5.66. The van der Waals surface area contributed by atoms with E-state index in [0.717, 1.165) is 23.2 Å². The smallest absolute Gasteiger partial charge is 0.229 e. The standard InChI is InChI=1S/C19H20Cl2N4OS/c1-3-8-25(18(26)7-4-13-10-22-24(2)11-13)19-23-17(12-27-19)15-6-5-14(20)9-16(15)21/h5-6,9-12H,3-4,7-8H2,1-2H3. The van der Waals surface area contributed by atoms with Crippen molar-refractivity contribution >= 4 is 45.6 Å². The van der Waals surface area contributed by atoms with Crippen LogP contribution in [0.5, 0.6) is 0 Å². The molecule has 0 aliphatic carbocycles. The number of nitrogens with zero attached hydrogens (tertiary/aromatic N) is 4. The van der Waals surface area contributed by atoms with Crippen LogP contribution < -0.4 is 4.90 Å². The van der Waals surface area contributed by atoms with Crippen LogP contribution >= 0.6 is 34.5 Å². The van der Waals surface area contributed by atoms with Crippen LogP contribution in [0.15, 0.2) is 36.0 Å². The minimum atomic E-state index is 0.0591. The summed E-state index contributed by atoms with van der Waals surface area (Å²) in [4.78, 5) is 19.2. The molecule has 0 aliphatic rings. The maximum Gasteiger partial charge on any atom is 0.229 e. The van der Waals surface area contributed by atoms with Gasteiger partial charge in [0.15, 0.2) is 5.13 Å². The molecule has 2 aromatic heterocycles. The molecule has 0 aliphatic heterocycles. The number of rotatable bonds is 7. The van der Waals surface area contributed by atoms with Gasteiger partial charge in [-0.05, 0) is 36.6 Å². The minimum Gasteiger partial charge on any atom is -0.288 e. The number of carbonyl (C=O) groups is 1. The molecular formula is C19H20Cl2N4OS. The zero-order valence-electron chi connectivity index (χ0n) is 15.2. The van der Waals surface area contributed by atoms with E-state index in [2.05, 4.69) is 10.1 Å². The Bertz CT molecular complexity index is 937. The molecule has 8 heteroatoms. The monoisotopic (exact) mass is 422 g/mol. The van der Waals surface area contributed by atoms with Crippen molar-refractivity contribution in [2.45, 2.75) is 26.2 Å². The number of hydrogen-bond acceptors (Lipinski definition) is 4. The lowest BCUT2D eigenvalue weighted by Gasteiger charge is -2.19. The van der Waals surface area contributed by atoms with Gasteiger partial charge in [-0.3, -0.25) is 14.4 Å². The Morgan fingerprint density at radius 1 is 1.33 bits per heavy atom. The molecule has 27 heavy (non-hydrogen) atoms. The molecule has 0 saturated heterocycles. The third kappa shape index (κ3) is 4.89. The summed E-state index contributed by atoms with van der Waals surface area (Å²) in [5, 5.41) is 7.88. The quantitative estimate of drug-likeness (QED) is 0.523. The van der Waals surface area contributed by atoms with E-state index in [1.54, 1.807) is 27.9 Å². The average molecular weight is 423 g/mol. The number of thiazole rings is 1. The van der Waals surface area contributed by atoms with Crippen molar-refractivity contribution in [1.82, 2.24) is 14.8 Å². The Hall–Kier alpha value is -1.89. The van der Waals surface area contributed by atoms with E-state index in [0.29, 0.717) is 34.6 Å². The first-order valence-corrected chi connectivity index (χ1v) is 10.3. The largest absolute Gasteiger partial charge is 0.288 e. The molecule has 2 heterocycles. The van der Waals surface area contributed by atoms with E-state index in [1.807, 2.05) is 31.6 Å². The maximum atomic E-state index is 12.8. The Labute approximate surface area is 172 Å². The fraction of sp³-hybridized carbons (Fsp3) is 0.316. The van der Waals surface area contributed by atoms with Crippen LogP contribution in [0.25, 0.3) is 11.3 Å². The highest BCUT2D eigenvalue weighted by molar-refractivity contribution is 7.14. The molecule has 3 aromatic rings. The molecule has 142 valence electrons. The lowest BCUT2D eigenvalue weighted by Crippen LogP contribution is -2.31. The van der Waals surface area contributed by atoms with Gasteiger partial charge >= 0.3 is 0 Å². The zero-order valence-corrected chi connectivity index (χ0v) is 17.5. The lowest BCUT2D eigenvalue weighted by molar-refractivity contribution is -0.118. The number of anilines is 1. The van der Waals surface area contributed by atoms with Crippen LogP contribution in [0.1, 0.15) is 25.3 Å². The maximum absolute atomic E-state index is 12.8. The van der Waals surface area contributed by atoms with E-state index in [9.17, 15) is 4.79 Å². The summed E-state index contributed by atoms with van der Waals surface area (Å²) >= 11 is 13.7. The Morgan fingerprint density at radius 3 is 2.81 bits per heavy atom. The van der Waals surface area contributed by atoms with Gasteiger partial charge in [0.2, 0.25) is 5.91 Å². The molecule has 5 nitrogen and oxygen atoms in total. The van der Waals surface area contributed by atoms with E-state index in [1.165, 1.54) is 11.3 Å². The SMILES string of the molecule is CCCN(C(=O)CCc1cnn(C)c1)c1nc(-c2ccc(Cl)cc2Cl)cs1. The molecule has 0 bridgehead atoms. The minimum absolute atomic E-state index is 0.0591. The van der Waals surface area contributed by atoms with Gasteiger partial charge in [0.05, 0.1) is 16.9 Å². The predicted molar refractivity (Wildman–Crippen MR) is 112 cm³/mol. The number of halogens is 2. The molecule has 0 fully saturated rings. The van der Waals surface area contributed by atoms with Crippen molar-refractivity contribution in [3.8, 4) is 11.3 Å². The highest BCUT2D eigenvalue weighted by Crippen LogP contribution is 2.33. The van der Waals surface area contributed by atoms with Crippen LogP contribution in [0.2, 0.25) is 10.0 Å². The van der Waals surface area contributed by atoms with Crippen molar-refractivity contribution < 1.29 is 4.79 Å². The summed E-state index contributed by atoms with van der Waals surface area (Å²) in [7, 11) is 1.87. The van der Waals surface area contributed by atoms with E-state index in [4.69, 9.17) is 23.2 Å². The normalized spacial score (nSPS) is 11.0. The number of carbonyl (C=O) groups excluding carboxylic acids is 1. The van der Waals surface area contributed by atoms with Gasteiger partial charge in [0, 0.05) is 42.2 Å². The van der Waals surface area contributed by atoms with Crippen molar-refractivity contribution in [3.63, 3.8) is 0 Å². The fourth-order valence-corrected chi connectivity index (χ4v) is 4.12. The number of benzene rings is 1. The highest BCUT2D eigenvalue weighted by atomic mass is 35.5. The summed E-state index contributed by atoms with van der Waals surface area (Å²) in [5.74, 6) is 0.0591. The molecule has 3 rings (SSSR count). The van der Waals surface area contributed by atoms with Crippen LogP contribution in [-0.2, 0) is 18.3 Å². The van der Waals surface area contributed by atoms with Crippen molar-refractivity contribution in [2.24, 2.45) is 7.05 Å². The van der Waals surface area contributed by atoms with Crippen LogP contribution in [0, 0.1) is 0 Å². The van der Waals surface area contributed by atoms with Gasteiger partial charge in [0.25, 0.3) is 0 Å². The van der Waals surface area contributed by atoms with Gasteiger partial charge in [-0.1, -0.05) is 30.1 Å². The summed E-state index contributed by atoms with van der Waals surface area (Å²) in [5.41, 5.74) is 2.61. The Balaban J connectivity index is 1.76. The van der Waals surface area contributed by atoms with Gasteiger partial charge in [-0.25, -0.2) is 4.98 Å². The topological polar surface area (TPSA) is 51.0 Å². The lowest BCUT2D eigenvalue weighted by atomic mass is 10.2. The van der Waals surface area contributed by atoms with Gasteiger partial charge in [0.1, 0.15) is 0 Å². The summed E-state index contributed by atoms with van der Waals surface area (Å²) in [6, 6.07) is 5.32. The second-order valence-electron chi connectivity index (χ2n) is 6.21. The van der Waals surface area contributed by atoms with Crippen molar-refractivity contribution in [2.75, 3.05) is 11.4 Å². The zero-order chi connectivity index (χ0) is 19.4. The van der Waals surface area contributed by atoms with Crippen molar-refractivity contribution in [3.05, 3.63) is 51.6 Å². The van der Waals surface area contributed by atoms with E-state index in [-0.39, 0.29) is 5.91 Å². The predicted octanol–water partition coefficient (Wildman–Crippen LogP) is 5.23. The van der Waals surface area contributed by atoms with E-state index >= 15 is 0 Å². The molecule has 0 N–H and O–H groups in total. The Kier molecular flexibility index (Phi) is 6.52. The second kappa shape index (κ2) is 8.87. The first-order valence-electron chi connectivity index (χ1n) is 8.66. The molecule has 0 atom stereocenters. The molecule has 1 aromatic carbocycles. The number of amides is 1. The first kappa shape index (κ1) is 19.9. The molecule has 0 radical (unpaired) electrons. The third-order valence-electron chi connectivity index (χ3n) is 4.06. The molecule has 1 amide bonds. The van der Waals surface area contributed by atoms with Crippen molar-refractivity contribution in [1.29, 1.82) is 0 Å². The third-order valence-corrected chi connectivity index (χ3v) is 5.48. The average Bonchev–Trinajstić information content (AvgIpc) is 3.27. The van der Waals surface area contributed by atoms with Gasteiger partial charge in [-0.2, -0.15) is 5.10 Å². The van der Waals surface area contributed by atoms with Crippen LogP contribution in [0.3, 0.4) is 0 Å². The van der Waals surface area contributed by atoms with Crippen LogP contribution in [-0.4, -0.2) is 27.2 Å². The molecular weight excluding hydrogens is 403 g/mol. The molecule has 0 saturated carbocycles. The van der Waals surface area contributed by atoms with E-state index < -0.39 is 0 Å². The summed E-state index contributed by atoms with van der Waals surface area (Å²) < 4.78 is 1.74. The first-order chi connectivity index (χ1) is 13.0. The number of hydrogen-bond donors (Lipinski definition) is 0. The van der Waals surface area contributed by atoms with Gasteiger partial charge < -0.3 is 0 Å².